The minimum atomic E-state index is -0.740. The van der Waals surface area contributed by atoms with E-state index in [0.717, 1.165) is 0 Å². The van der Waals surface area contributed by atoms with Gasteiger partial charge < -0.3 is 20.1 Å². The third-order valence-corrected chi connectivity index (χ3v) is 3.59. The number of carbonyl (C=O) groups excluding carboxylic acids is 3. The molecule has 0 atom stereocenters. The molecule has 0 aliphatic carbocycles. The second-order valence-corrected chi connectivity index (χ2v) is 5.70. The number of hydrogen-bond acceptors (Lipinski definition) is 5. The van der Waals surface area contributed by atoms with Crippen molar-refractivity contribution in [3.05, 3.63) is 65.5 Å². The maximum absolute atomic E-state index is 12.8. The number of halogens is 1. The van der Waals surface area contributed by atoms with Gasteiger partial charge in [-0.2, -0.15) is 0 Å². The van der Waals surface area contributed by atoms with Crippen LogP contribution in [-0.4, -0.2) is 37.5 Å². The Morgan fingerprint density at radius 1 is 0.964 bits per heavy atom. The lowest BCUT2D eigenvalue weighted by Crippen LogP contribution is -2.33. The molecule has 0 bridgehead atoms. The molecule has 2 aromatic rings. The maximum Gasteiger partial charge on any atom is 0.325 e. The highest BCUT2D eigenvalue weighted by molar-refractivity contribution is 5.96. The molecule has 0 aromatic heterocycles. The fourth-order valence-electron chi connectivity index (χ4n) is 2.17. The Morgan fingerprint density at radius 3 is 2.29 bits per heavy atom. The second kappa shape index (κ2) is 10.7. The van der Waals surface area contributed by atoms with Gasteiger partial charge in [-0.3, -0.25) is 14.4 Å². The van der Waals surface area contributed by atoms with Gasteiger partial charge in [-0.05, 0) is 48.9 Å². The van der Waals surface area contributed by atoms with Gasteiger partial charge in [0.05, 0.1) is 6.61 Å². The predicted molar refractivity (Wildman–Crippen MR) is 99.1 cm³/mol. The Hall–Kier alpha value is -3.42. The lowest BCUT2D eigenvalue weighted by Gasteiger charge is -2.08. The standard InChI is InChI=1S/C20H21FN2O5/c1-2-27-17-9-5-15(6-10-17)20(26)23-12-19(25)28-13-18(24)22-11-14-3-7-16(21)8-4-14/h3-10H,2,11-13H2,1H3,(H,22,24)(H,23,26). The molecule has 0 radical (unpaired) electrons. The van der Waals surface area contributed by atoms with Crippen LogP contribution in [0.1, 0.15) is 22.8 Å². The lowest BCUT2D eigenvalue weighted by molar-refractivity contribution is -0.147. The molecule has 0 spiro atoms. The van der Waals surface area contributed by atoms with Crippen molar-refractivity contribution >= 4 is 17.8 Å². The van der Waals surface area contributed by atoms with Gasteiger partial charge in [-0.25, -0.2) is 4.39 Å². The largest absolute Gasteiger partial charge is 0.494 e. The van der Waals surface area contributed by atoms with Crippen molar-refractivity contribution in [2.24, 2.45) is 0 Å². The minimum Gasteiger partial charge on any atom is -0.494 e. The first-order chi connectivity index (χ1) is 13.5. The van der Waals surface area contributed by atoms with E-state index in [4.69, 9.17) is 9.47 Å². The summed E-state index contributed by atoms with van der Waals surface area (Å²) < 4.78 is 22.9. The average molecular weight is 388 g/mol. The van der Waals surface area contributed by atoms with Crippen LogP contribution in [0.15, 0.2) is 48.5 Å². The Labute approximate surface area is 161 Å². The summed E-state index contributed by atoms with van der Waals surface area (Å²) in [4.78, 5) is 35.3. The van der Waals surface area contributed by atoms with Gasteiger partial charge in [0.2, 0.25) is 0 Å². The number of amides is 2. The third kappa shape index (κ3) is 7.06. The molecule has 0 aliphatic heterocycles. The topological polar surface area (TPSA) is 93.7 Å². The summed E-state index contributed by atoms with van der Waals surface area (Å²) in [5.41, 5.74) is 1.08. The van der Waals surface area contributed by atoms with E-state index in [9.17, 15) is 18.8 Å². The Balaban J connectivity index is 1.66. The predicted octanol–water partition coefficient (Wildman–Crippen LogP) is 1.81. The molecule has 0 fully saturated rings. The van der Waals surface area contributed by atoms with Crippen LogP contribution in [0, 0.1) is 5.82 Å². The van der Waals surface area contributed by atoms with Gasteiger partial charge >= 0.3 is 5.97 Å². The van der Waals surface area contributed by atoms with E-state index >= 15 is 0 Å². The van der Waals surface area contributed by atoms with Crippen molar-refractivity contribution in [2.45, 2.75) is 13.5 Å². The van der Waals surface area contributed by atoms with E-state index in [0.29, 0.717) is 23.5 Å². The zero-order chi connectivity index (χ0) is 20.4. The molecule has 0 unspecified atom stereocenters. The zero-order valence-corrected chi connectivity index (χ0v) is 15.4. The van der Waals surface area contributed by atoms with Gasteiger partial charge in [0.1, 0.15) is 18.1 Å². The molecule has 0 heterocycles. The number of esters is 1. The molecule has 0 aliphatic rings. The number of nitrogens with one attached hydrogen (secondary N) is 2. The van der Waals surface area contributed by atoms with Gasteiger partial charge in [-0.1, -0.05) is 12.1 Å². The summed E-state index contributed by atoms with van der Waals surface area (Å²) in [6.07, 6.45) is 0. The minimum absolute atomic E-state index is 0.186. The quantitative estimate of drug-likeness (QED) is 0.639. The zero-order valence-electron chi connectivity index (χ0n) is 15.4. The molecule has 148 valence electrons. The van der Waals surface area contributed by atoms with Crippen LogP contribution in [0.4, 0.5) is 4.39 Å². The second-order valence-electron chi connectivity index (χ2n) is 5.70. The van der Waals surface area contributed by atoms with Crippen molar-refractivity contribution in [2.75, 3.05) is 19.8 Å². The van der Waals surface area contributed by atoms with Crippen molar-refractivity contribution in [1.82, 2.24) is 10.6 Å². The number of hydrogen-bond donors (Lipinski definition) is 2. The van der Waals surface area contributed by atoms with Gasteiger partial charge in [0.25, 0.3) is 11.8 Å². The SMILES string of the molecule is CCOc1ccc(C(=O)NCC(=O)OCC(=O)NCc2ccc(F)cc2)cc1. The first-order valence-corrected chi connectivity index (χ1v) is 8.65. The smallest absolute Gasteiger partial charge is 0.325 e. The molecule has 0 saturated carbocycles. The third-order valence-electron chi connectivity index (χ3n) is 3.59. The maximum atomic E-state index is 12.8. The van der Waals surface area contributed by atoms with Gasteiger partial charge in [-0.15, -0.1) is 0 Å². The van der Waals surface area contributed by atoms with Gasteiger partial charge in [0.15, 0.2) is 6.61 Å². The van der Waals surface area contributed by atoms with E-state index in [2.05, 4.69) is 10.6 Å². The van der Waals surface area contributed by atoms with E-state index in [1.807, 2.05) is 6.92 Å². The first-order valence-electron chi connectivity index (χ1n) is 8.65. The van der Waals surface area contributed by atoms with E-state index in [-0.39, 0.29) is 18.9 Å². The van der Waals surface area contributed by atoms with Crippen molar-refractivity contribution in [3.8, 4) is 5.75 Å². The van der Waals surface area contributed by atoms with E-state index in [1.165, 1.54) is 24.3 Å². The van der Waals surface area contributed by atoms with Crippen LogP contribution >= 0.6 is 0 Å². The molecule has 2 amide bonds. The van der Waals surface area contributed by atoms with Crippen LogP contribution < -0.4 is 15.4 Å². The molecule has 2 aromatic carbocycles. The van der Waals surface area contributed by atoms with E-state index < -0.39 is 24.4 Å². The molecule has 0 saturated heterocycles. The number of benzene rings is 2. The fraction of sp³-hybridized carbons (Fsp3) is 0.250. The molecule has 28 heavy (non-hydrogen) atoms. The van der Waals surface area contributed by atoms with Crippen molar-refractivity contribution in [3.63, 3.8) is 0 Å². The van der Waals surface area contributed by atoms with Gasteiger partial charge in [0, 0.05) is 12.1 Å². The summed E-state index contributed by atoms with van der Waals surface area (Å²) in [5.74, 6) is -1.41. The fourth-order valence-corrected chi connectivity index (χ4v) is 2.17. The summed E-state index contributed by atoms with van der Waals surface area (Å²) >= 11 is 0. The molecule has 8 heteroatoms. The molecule has 2 rings (SSSR count). The van der Waals surface area contributed by atoms with Crippen molar-refractivity contribution in [1.29, 1.82) is 0 Å². The highest BCUT2D eigenvalue weighted by Gasteiger charge is 2.11. The number of ether oxygens (including phenoxy) is 2. The highest BCUT2D eigenvalue weighted by atomic mass is 19.1. The lowest BCUT2D eigenvalue weighted by atomic mass is 10.2. The Bertz CT molecular complexity index is 806. The molecular formula is C20H21FN2O5. The number of carbonyl (C=O) groups is 3. The van der Waals surface area contributed by atoms with Crippen LogP contribution in [0.2, 0.25) is 0 Å². The summed E-state index contributed by atoms with van der Waals surface area (Å²) in [6, 6.07) is 12.1. The molecule has 2 N–H and O–H groups in total. The summed E-state index contributed by atoms with van der Waals surface area (Å²) in [7, 11) is 0. The van der Waals surface area contributed by atoms with Crippen LogP contribution in [0.5, 0.6) is 5.75 Å². The summed E-state index contributed by atoms with van der Waals surface area (Å²) in [5, 5.41) is 4.96. The molecular weight excluding hydrogens is 367 g/mol. The van der Waals surface area contributed by atoms with Crippen LogP contribution in [0.25, 0.3) is 0 Å². The first kappa shape index (κ1) is 20.9. The Morgan fingerprint density at radius 2 is 1.64 bits per heavy atom. The van der Waals surface area contributed by atoms with Crippen molar-refractivity contribution < 1.29 is 28.2 Å². The van der Waals surface area contributed by atoms with E-state index in [1.54, 1.807) is 24.3 Å². The average Bonchev–Trinajstić information content (AvgIpc) is 2.71. The van der Waals surface area contributed by atoms with Crippen LogP contribution in [0.3, 0.4) is 0 Å². The normalized spacial score (nSPS) is 10.1. The highest BCUT2D eigenvalue weighted by Crippen LogP contribution is 2.11. The summed E-state index contributed by atoms with van der Waals surface area (Å²) in [6.45, 7) is 1.73. The number of rotatable bonds is 9. The molecule has 7 nitrogen and oxygen atoms in total. The Kier molecular flexibility index (Phi) is 7.95. The monoisotopic (exact) mass is 388 g/mol. The van der Waals surface area contributed by atoms with Crippen LogP contribution in [-0.2, 0) is 20.9 Å².